The van der Waals surface area contributed by atoms with Crippen molar-refractivity contribution < 1.29 is 9.53 Å². The summed E-state index contributed by atoms with van der Waals surface area (Å²) in [7, 11) is 1.27. The molecule has 0 aliphatic carbocycles. The highest BCUT2D eigenvalue weighted by molar-refractivity contribution is 7.78. The van der Waals surface area contributed by atoms with Crippen LogP contribution in [-0.2, 0) is 11.3 Å². The molecule has 0 N–H and O–H groups in total. The average Bonchev–Trinajstić information content (AvgIpc) is 2.20. The van der Waals surface area contributed by atoms with E-state index in [1.165, 1.54) is 19.5 Å². The normalized spacial score (nSPS) is 9.64. The minimum atomic E-state index is -0.574. The molecule has 1 heterocycles. The molecule has 0 atom stereocenters. The van der Waals surface area contributed by atoms with Gasteiger partial charge in [0.1, 0.15) is 0 Å². The first-order valence-electron chi connectivity index (χ1n) is 3.65. The molecule has 0 radical (unpaired) electrons. The maximum atomic E-state index is 11.0. The molecule has 1 aromatic rings. The Labute approximate surface area is 91.6 Å². The summed E-state index contributed by atoms with van der Waals surface area (Å²) in [5.41, 5.74) is 0.467. The average molecular weight is 234 g/mol. The minimum absolute atomic E-state index is 0.141. The Morgan fingerprint density at radius 2 is 2.29 bits per heavy atom. The zero-order valence-corrected chi connectivity index (χ0v) is 9.00. The van der Waals surface area contributed by atoms with Gasteiger partial charge in [0.05, 0.1) is 19.3 Å². The van der Waals surface area contributed by atoms with Gasteiger partial charge in [-0.2, -0.15) is 0 Å². The summed E-state index contributed by atoms with van der Waals surface area (Å²) >= 11 is 9.63. The number of halogens is 1. The first kappa shape index (κ1) is 11.1. The van der Waals surface area contributed by atoms with E-state index in [0.29, 0.717) is 5.69 Å². The minimum Gasteiger partial charge on any atom is -0.452 e. The van der Waals surface area contributed by atoms with Gasteiger partial charge in [-0.3, -0.25) is 4.98 Å². The summed E-state index contributed by atoms with van der Waals surface area (Å²) in [5.74, 6) is 0. The van der Waals surface area contributed by atoms with Crippen molar-refractivity contribution in [3.63, 3.8) is 0 Å². The molecule has 0 saturated heterocycles. The summed E-state index contributed by atoms with van der Waals surface area (Å²) in [5, 5.41) is 0.246. The number of ether oxygens (including phenoxy) is 1. The number of carbonyl (C=O) groups is 1. The molecule has 0 aliphatic heterocycles. The zero-order valence-electron chi connectivity index (χ0n) is 7.35. The highest BCUT2D eigenvalue weighted by atomic mass is 35.5. The quantitative estimate of drug-likeness (QED) is 0.788. The van der Waals surface area contributed by atoms with Crippen LogP contribution in [0.2, 0.25) is 5.15 Å². The van der Waals surface area contributed by atoms with Gasteiger partial charge < -0.3 is 4.74 Å². The monoisotopic (exact) mass is 233 g/mol. The predicted molar refractivity (Wildman–Crippen MR) is 54.0 cm³/mol. The van der Waals surface area contributed by atoms with Crippen LogP contribution in [0.25, 0.3) is 0 Å². The third-order valence-corrected chi connectivity index (χ3v) is 2.03. The van der Waals surface area contributed by atoms with Crippen LogP contribution in [-0.4, -0.2) is 27.5 Å². The molecular formula is C7H8ClN3O2S. The standard InChI is InChI=1S/C7H8ClN3O2S/c1-13-7(12)11(14)4-5-6(8)10-3-2-9-5/h2-3,14H,4H2,1H3. The van der Waals surface area contributed by atoms with Crippen molar-refractivity contribution >= 4 is 30.5 Å². The Balaban J connectivity index is 2.69. The molecule has 7 heteroatoms. The number of methoxy groups -OCH3 is 1. The zero-order chi connectivity index (χ0) is 10.6. The second-order valence-electron chi connectivity index (χ2n) is 2.32. The second-order valence-corrected chi connectivity index (χ2v) is 3.16. The summed E-state index contributed by atoms with van der Waals surface area (Å²) in [4.78, 5) is 18.7. The van der Waals surface area contributed by atoms with Gasteiger partial charge in [0.25, 0.3) is 0 Å². The summed E-state index contributed by atoms with van der Waals surface area (Å²) in [6.07, 6.45) is 2.38. The van der Waals surface area contributed by atoms with Crippen molar-refractivity contribution in [2.75, 3.05) is 7.11 Å². The van der Waals surface area contributed by atoms with Crippen molar-refractivity contribution in [1.82, 2.24) is 14.3 Å². The molecule has 0 aromatic carbocycles. The maximum Gasteiger partial charge on any atom is 0.419 e. The van der Waals surface area contributed by atoms with Crippen LogP contribution >= 0.6 is 24.4 Å². The van der Waals surface area contributed by atoms with Crippen molar-refractivity contribution in [2.45, 2.75) is 6.54 Å². The van der Waals surface area contributed by atoms with Crippen LogP contribution in [0.5, 0.6) is 0 Å². The Kier molecular flexibility index (Phi) is 3.97. The molecule has 14 heavy (non-hydrogen) atoms. The van der Waals surface area contributed by atoms with Gasteiger partial charge >= 0.3 is 6.09 Å². The molecule has 0 aliphatic rings. The second kappa shape index (κ2) is 5.02. The van der Waals surface area contributed by atoms with E-state index in [-0.39, 0.29) is 11.7 Å². The Bertz CT molecular complexity index is 336. The Morgan fingerprint density at radius 1 is 1.64 bits per heavy atom. The van der Waals surface area contributed by atoms with Gasteiger partial charge in [-0.25, -0.2) is 14.1 Å². The van der Waals surface area contributed by atoms with Crippen LogP contribution < -0.4 is 0 Å². The fourth-order valence-electron chi connectivity index (χ4n) is 0.768. The van der Waals surface area contributed by atoms with Crippen molar-refractivity contribution in [1.29, 1.82) is 0 Å². The van der Waals surface area contributed by atoms with E-state index in [1.54, 1.807) is 0 Å². The number of hydrogen-bond donors (Lipinski definition) is 1. The van der Waals surface area contributed by atoms with Crippen LogP contribution in [0.15, 0.2) is 12.4 Å². The lowest BCUT2D eigenvalue weighted by Gasteiger charge is -2.13. The number of aromatic nitrogens is 2. The molecule has 0 bridgehead atoms. The molecule has 0 fully saturated rings. The fraction of sp³-hybridized carbons (Fsp3) is 0.286. The third kappa shape index (κ3) is 2.74. The van der Waals surface area contributed by atoms with Crippen molar-refractivity contribution in [3.05, 3.63) is 23.2 Å². The van der Waals surface area contributed by atoms with Gasteiger partial charge in [-0.15, -0.1) is 0 Å². The SMILES string of the molecule is COC(=O)N(S)Cc1nccnc1Cl. The highest BCUT2D eigenvalue weighted by Crippen LogP contribution is 2.12. The first-order chi connectivity index (χ1) is 6.65. The summed E-state index contributed by atoms with van der Waals surface area (Å²) in [6.45, 7) is 0.141. The Morgan fingerprint density at radius 3 is 2.86 bits per heavy atom. The molecule has 0 saturated carbocycles. The van der Waals surface area contributed by atoms with Gasteiger partial charge in [0.2, 0.25) is 0 Å². The van der Waals surface area contributed by atoms with E-state index in [0.717, 1.165) is 4.31 Å². The van der Waals surface area contributed by atoms with Gasteiger partial charge in [0.15, 0.2) is 5.15 Å². The lowest BCUT2D eigenvalue weighted by atomic mass is 10.4. The molecule has 1 rings (SSSR count). The number of amides is 1. The molecule has 1 amide bonds. The smallest absolute Gasteiger partial charge is 0.419 e. The molecule has 0 spiro atoms. The van der Waals surface area contributed by atoms with E-state index in [1.807, 2.05) is 0 Å². The van der Waals surface area contributed by atoms with Gasteiger partial charge in [-0.05, 0) is 0 Å². The van der Waals surface area contributed by atoms with Crippen LogP contribution in [0, 0.1) is 0 Å². The largest absolute Gasteiger partial charge is 0.452 e. The van der Waals surface area contributed by atoms with Gasteiger partial charge in [0, 0.05) is 12.4 Å². The lowest BCUT2D eigenvalue weighted by Crippen LogP contribution is -2.21. The number of carbonyl (C=O) groups excluding carboxylic acids is 1. The van der Waals surface area contributed by atoms with E-state index >= 15 is 0 Å². The number of nitrogens with zero attached hydrogens (tertiary/aromatic N) is 3. The van der Waals surface area contributed by atoms with Crippen LogP contribution in [0.1, 0.15) is 5.69 Å². The van der Waals surface area contributed by atoms with Crippen molar-refractivity contribution in [2.24, 2.45) is 0 Å². The van der Waals surface area contributed by atoms with Crippen LogP contribution in [0.3, 0.4) is 0 Å². The number of hydrogen-bond acceptors (Lipinski definition) is 5. The first-order valence-corrected chi connectivity index (χ1v) is 4.42. The van der Waals surface area contributed by atoms with Crippen LogP contribution in [0.4, 0.5) is 4.79 Å². The fourth-order valence-corrected chi connectivity index (χ4v) is 1.15. The Hall–Kier alpha value is -1.01. The van der Waals surface area contributed by atoms with E-state index in [4.69, 9.17) is 11.6 Å². The molecule has 76 valence electrons. The topological polar surface area (TPSA) is 55.3 Å². The molecule has 5 nitrogen and oxygen atoms in total. The number of rotatable bonds is 2. The third-order valence-electron chi connectivity index (χ3n) is 1.41. The highest BCUT2D eigenvalue weighted by Gasteiger charge is 2.12. The van der Waals surface area contributed by atoms with E-state index in [9.17, 15) is 4.79 Å². The molecule has 0 unspecified atom stereocenters. The van der Waals surface area contributed by atoms with Gasteiger partial charge in [-0.1, -0.05) is 24.4 Å². The van der Waals surface area contributed by atoms with Crippen molar-refractivity contribution in [3.8, 4) is 0 Å². The lowest BCUT2D eigenvalue weighted by molar-refractivity contribution is 0.151. The van der Waals surface area contributed by atoms with E-state index in [2.05, 4.69) is 27.5 Å². The molecule has 1 aromatic heterocycles. The molecular weight excluding hydrogens is 226 g/mol. The predicted octanol–water partition coefficient (Wildman–Crippen LogP) is 1.54. The summed E-state index contributed by atoms with van der Waals surface area (Å²) < 4.78 is 5.49. The number of thiol groups is 1. The maximum absolute atomic E-state index is 11.0. The summed E-state index contributed by atoms with van der Waals surface area (Å²) in [6, 6.07) is 0. The van der Waals surface area contributed by atoms with E-state index < -0.39 is 6.09 Å².